The summed E-state index contributed by atoms with van der Waals surface area (Å²) in [6.07, 6.45) is 2.17. The summed E-state index contributed by atoms with van der Waals surface area (Å²) in [7, 11) is -3.91. The Morgan fingerprint density at radius 3 is 2.37 bits per heavy atom. The topological polar surface area (TPSA) is 118 Å². The van der Waals surface area contributed by atoms with Crippen LogP contribution in [0.15, 0.2) is 52.0 Å². The molecule has 1 fully saturated rings. The van der Waals surface area contributed by atoms with E-state index in [9.17, 15) is 18.0 Å². The van der Waals surface area contributed by atoms with E-state index in [-0.39, 0.29) is 22.8 Å². The summed E-state index contributed by atoms with van der Waals surface area (Å²) < 4.78 is 32.5. The van der Waals surface area contributed by atoms with Crippen molar-refractivity contribution >= 4 is 21.8 Å². The van der Waals surface area contributed by atoms with E-state index in [1.165, 1.54) is 12.1 Å². The molecule has 1 aliphatic rings. The van der Waals surface area contributed by atoms with E-state index in [0.29, 0.717) is 6.42 Å². The zero-order chi connectivity index (χ0) is 21.9. The molecule has 162 valence electrons. The first-order chi connectivity index (χ1) is 14.0. The second-order valence-electron chi connectivity index (χ2n) is 8.47. The Morgan fingerprint density at radius 1 is 1.10 bits per heavy atom. The van der Waals surface area contributed by atoms with Gasteiger partial charge in [0.1, 0.15) is 6.04 Å². The first-order valence-corrected chi connectivity index (χ1v) is 11.3. The molecule has 2 amide bonds. The van der Waals surface area contributed by atoms with E-state index in [4.69, 9.17) is 4.42 Å². The van der Waals surface area contributed by atoms with Gasteiger partial charge in [-0.1, -0.05) is 30.3 Å². The van der Waals surface area contributed by atoms with Gasteiger partial charge in [0.25, 0.3) is 15.9 Å². The molecule has 0 spiro atoms. The van der Waals surface area contributed by atoms with Crippen molar-refractivity contribution in [1.82, 2.24) is 15.4 Å². The first kappa shape index (κ1) is 22.0. The molecule has 3 rings (SSSR count). The van der Waals surface area contributed by atoms with Crippen LogP contribution in [-0.2, 0) is 21.2 Å². The predicted octanol–water partition coefficient (Wildman–Crippen LogP) is 1.98. The first-order valence-electron chi connectivity index (χ1n) is 9.82. The Bertz CT molecular complexity index is 1000. The number of furan rings is 1. The number of sulfonamides is 1. The van der Waals surface area contributed by atoms with Crippen molar-refractivity contribution in [3.63, 3.8) is 0 Å². The van der Waals surface area contributed by atoms with Crippen molar-refractivity contribution in [3.05, 3.63) is 53.8 Å². The number of rotatable bonds is 8. The molecular weight excluding hydrogens is 406 g/mol. The summed E-state index contributed by atoms with van der Waals surface area (Å²) in [5.41, 5.74) is 0.196. The summed E-state index contributed by atoms with van der Waals surface area (Å²) in [6.45, 7) is 5.11. The van der Waals surface area contributed by atoms with Gasteiger partial charge in [-0.05, 0) is 51.3 Å². The molecule has 1 aliphatic carbocycles. The average molecular weight is 434 g/mol. The van der Waals surface area contributed by atoms with Crippen LogP contribution >= 0.6 is 0 Å². The number of nitrogens with one attached hydrogen (secondary N) is 3. The molecule has 0 saturated heterocycles. The molecule has 1 unspecified atom stereocenters. The molecule has 0 bridgehead atoms. The lowest BCUT2D eigenvalue weighted by molar-refractivity contribution is -0.123. The normalized spacial score (nSPS) is 15.4. The summed E-state index contributed by atoms with van der Waals surface area (Å²) in [5.74, 6) is -1.11. The van der Waals surface area contributed by atoms with Crippen LogP contribution in [0.2, 0.25) is 0 Å². The van der Waals surface area contributed by atoms with E-state index in [0.717, 1.165) is 18.4 Å². The number of hydrogen-bond acceptors (Lipinski definition) is 5. The zero-order valence-corrected chi connectivity index (χ0v) is 18.1. The number of hydrogen-bond donors (Lipinski definition) is 3. The SMILES string of the molecule is CC(C)(C)NS(=O)(=O)c1ccc(C(=O)NC(Cc2ccccc2)C(=O)NC2CC2)o1. The van der Waals surface area contributed by atoms with Gasteiger partial charge >= 0.3 is 0 Å². The highest BCUT2D eigenvalue weighted by atomic mass is 32.2. The fraction of sp³-hybridized carbons (Fsp3) is 0.429. The smallest absolute Gasteiger partial charge is 0.287 e. The molecule has 3 N–H and O–H groups in total. The largest absolute Gasteiger partial charge is 0.438 e. The van der Waals surface area contributed by atoms with Gasteiger partial charge in [-0.15, -0.1) is 0 Å². The quantitative estimate of drug-likeness (QED) is 0.588. The average Bonchev–Trinajstić information content (AvgIpc) is 3.30. The van der Waals surface area contributed by atoms with Crippen LogP contribution in [0.4, 0.5) is 0 Å². The van der Waals surface area contributed by atoms with Crippen molar-refractivity contribution in [2.45, 2.75) is 62.7 Å². The molecule has 1 aromatic heterocycles. The molecule has 1 atom stereocenters. The lowest BCUT2D eigenvalue weighted by Gasteiger charge is -2.19. The van der Waals surface area contributed by atoms with Crippen LogP contribution in [-0.4, -0.2) is 37.9 Å². The lowest BCUT2D eigenvalue weighted by Crippen LogP contribution is -2.48. The fourth-order valence-corrected chi connectivity index (χ4v) is 4.21. The highest BCUT2D eigenvalue weighted by Crippen LogP contribution is 2.20. The minimum Gasteiger partial charge on any atom is -0.438 e. The zero-order valence-electron chi connectivity index (χ0n) is 17.3. The molecular formula is C21H27N3O5S. The minimum absolute atomic E-state index is 0.150. The van der Waals surface area contributed by atoms with Crippen molar-refractivity contribution < 1.29 is 22.4 Å². The second kappa shape index (κ2) is 8.61. The maximum absolute atomic E-state index is 12.7. The van der Waals surface area contributed by atoms with E-state index in [2.05, 4.69) is 15.4 Å². The van der Waals surface area contributed by atoms with Crippen LogP contribution in [0.1, 0.15) is 49.7 Å². The number of carbonyl (C=O) groups excluding carboxylic acids is 2. The van der Waals surface area contributed by atoms with Crippen molar-refractivity contribution in [3.8, 4) is 0 Å². The molecule has 1 heterocycles. The molecule has 1 aromatic carbocycles. The van der Waals surface area contributed by atoms with Gasteiger partial charge in [0.15, 0.2) is 5.76 Å². The van der Waals surface area contributed by atoms with Gasteiger partial charge < -0.3 is 15.1 Å². The predicted molar refractivity (Wildman–Crippen MR) is 111 cm³/mol. The molecule has 8 nitrogen and oxygen atoms in total. The van der Waals surface area contributed by atoms with Gasteiger partial charge in [0.05, 0.1) is 0 Å². The maximum atomic E-state index is 12.7. The molecule has 30 heavy (non-hydrogen) atoms. The molecule has 0 radical (unpaired) electrons. The Kier molecular flexibility index (Phi) is 6.33. The second-order valence-corrected chi connectivity index (χ2v) is 10.1. The highest BCUT2D eigenvalue weighted by molar-refractivity contribution is 7.89. The summed E-state index contributed by atoms with van der Waals surface area (Å²) >= 11 is 0. The maximum Gasteiger partial charge on any atom is 0.287 e. The number of amides is 2. The third-order valence-electron chi connectivity index (χ3n) is 4.34. The van der Waals surface area contributed by atoms with Crippen LogP contribution in [0.5, 0.6) is 0 Å². The van der Waals surface area contributed by atoms with Crippen LogP contribution in [0.25, 0.3) is 0 Å². The summed E-state index contributed by atoms with van der Waals surface area (Å²) in [5, 5.41) is 5.21. The Morgan fingerprint density at radius 2 is 1.77 bits per heavy atom. The lowest BCUT2D eigenvalue weighted by atomic mass is 10.1. The Labute approximate surface area is 176 Å². The highest BCUT2D eigenvalue weighted by Gasteiger charge is 2.30. The van der Waals surface area contributed by atoms with Crippen LogP contribution in [0, 0.1) is 0 Å². The Balaban J connectivity index is 1.73. The van der Waals surface area contributed by atoms with Gasteiger partial charge in [-0.3, -0.25) is 9.59 Å². The molecule has 0 aliphatic heterocycles. The summed E-state index contributed by atoms with van der Waals surface area (Å²) in [4.78, 5) is 25.3. The fourth-order valence-electron chi connectivity index (χ4n) is 2.86. The van der Waals surface area contributed by atoms with Gasteiger partial charge in [-0.2, -0.15) is 0 Å². The molecule has 2 aromatic rings. The summed E-state index contributed by atoms with van der Waals surface area (Å²) in [6, 6.07) is 11.2. The van der Waals surface area contributed by atoms with E-state index in [1.54, 1.807) is 20.8 Å². The van der Waals surface area contributed by atoms with E-state index < -0.39 is 27.5 Å². The standard InChI is InChI=1S/C21H27N3O5S/c1-21(2,3)24-30(27,28)18-12-11-17(29-18)20(26)23-16(19(25)22-15-9-10-15)13-14-7-5-4-6-8-14/h4-8,11-12,15-16,24H,9-10,13H2,1-3H3,(H,22,25)(H,23,26). The van der Waals surface area contributed by atoms with Crippen LogP contribution < -0.4 is 15.4 Å². The van der Waals surface area contributed by atoms with E-state index in [1.807, 2.05) is 30.3 Å². The Hall–Kier alpha value is -2.65. The van der Waals surface area contributed by atoms with Crippen LogP contribution in [0.3, 0.4) is 0 Å². The van der Waals surface area contributed by atoms with Gasteiger partial charge in [0.2, 0.25) is 11.0 Å². The number of benzene rings is 1. The minimum atomic E-state index is -3.91. The molecule has 1 saturated carbocycles. The number of carbonyl (C=O) groups is 2. The van der Waals surface area contributed by atoms with Gasteiger partial charge in [-0.25, -0.2) is 13.1 Å². The molecule has 9 heteroatoms. The van der Waals surface area contributed by atoms with Crippen molar-refractivity contribution in [1.29, 1.82) is 0 Å². The van der Waals surface area contributed by atoms with Gasteiger partial charge in [0, 0.05) is 18.0 Å². The third kappa shape index (κ3) is 6.17. The monoisotopic (exact) mass is 433 g/mol. The van der Waals surface area contributed by atoms with Crippen molar-refractivity contribution in [2.75, 3.05) is 0 Å². The van der Waals surface area contributed by atoms with Crippen molar-refractivity contribution in [2.24, 2.45) is 0 Å². The van der Waals surface area contributed by atoms with E-state index >= 15 is 0 Å². The third-order valence-corrected chi connectivity index (χ3v) is 5.97.